The number of benzene rings is 2. The number of carbonyl (C=O) groups excluding carboxylic acids is 1. The Hall–Kier alpha value is -2.95. The van der Waals surface area contributed by atoms with E-state index in [0.717, 1.165) is 16.7 Å². The monoisotopic (exact) mass is 293 g/mol. The summed E-state index contributed by atoms with van der Waals surface area (Å²) >= 11 is 0. The first-order valence-electron chi connectivity index (χ1n) is 6.95. The van der Waals surface area contributed by atoms with E-state index in [-0.39, 0.29) is 11.7 Å². The minimum atomic E-state index is -0.356. The van der Waals surface area contributed by atoms with Crippen molar-refractivity contribution in [3.05, 3.63) is 71.5 Å². The molecule has 3 aromatic rings. The SMILES string of the molecule is Cc1ccc(-c2nc(C(=O)NCc3ccccc3)no2)cc1. The molecule has 1 aromatic heterocycles. The predicted octanol–water partition coefficient (Wildman–Crippen LogP) is 2.98. The zero-order valence-corrected chi connectivity index (χ0v) is 12.1. The van der Waals surface area contributed by atoms with Crippen molar-refractivity contribution in [2.45, 2.75) is 13.5 Å². The average molecular weight is 293 g/mol. The van der Waals surface area contributed by atoms with Gasteiger partial charge in [-0.25, -0.2) is 0 Å². The van der Waals surface area contributed by atoms with Gasteiger partial charge in [-0.2, -0.15) is 4.98 Å². The van der Waals surface area contributed by atoms with Gasteiger partial charge in [0.15, 0.2) is 0 Å². The van der Waals surface area contributed by atoms with Crippen LogP contribution in [-0.4, -0.2) is 16.0 Å². The molecule has 0 spiro atoms. The predicted molar refractivity (Wildman–Crippen MR) is 82.1 cm³/mol. The molecule has 0 saturated heterocycles. The maximum atomic E-state index is 12.0. The number of hydrogen-bond acceptors (Lipinski definition) is 4. The van der Waals surface area contributed by atoms with Gasteiger partial charge in [-0.15, -0.1) is 0 Å². The van der Waals surface area contributed by atoms with Crippen LogP contribution in [0.5, 0.6) is 0 Å². The fourth-order valence-electron chi connectivity index (χ4n) is 1.99. The van der Waals surface area contributed by atoms with Crippen molar-refractivity contribution in [1.82, 2.24) is 15.5 Å². The minimum Gasteiger partial charge on any atom is -0.345 e. The zero-order valence-electron chi connectivity index (χ0n) is 12.1. The topological polar surface area (TPSA) is 68.0 Å². The maximum absolute atomic E-state index is 12.0. The van der Waals surface area contributed by atoms with Crippen molar-refractivity contribution in [2.75, 3.05) is 0 Å². The summed E-state index contributed by atoms with van der Waals surface area (Å²) in [7, 11) is 0. The number of hydrogen-bond donors (Lipinski definition) is 1. The first-order valence-corrected chi connectivity index (χ1v) is 6.95. The van der Waals surface area contributed by atoms with Gasteiger partial charge in [0, 0.05) is 12.1 Å². The quantitative estimate of drug-likeness (QED) is 0.803. The molecule has 2 aromatic carbocycles. The average Bonchev–Trinajstić information content (AvgIpc) is 3.04. The summed E-state index contributed by atoms with van der Waals surface area (Å²) in [4.78, 5) is 16.2. The Balaban J connectivity index is 1.68. The fourth-order valence-corrected chi connectivity index (χ4v) is 1.99. The zero-order chi connectivity index (χ0) is 15.4. The molecule has 1 N–H and O–H groups in total. The van der Waals surface area contributed by atoms with Gasteiger partial charge in [0.05, 0.1) is 0 Å². The van der Waals surface area contributed by atoms with Crippen molar-refractivity contribution in [3.63, 3.8) is 0 Å². The molecule has 1 heterocycles. The van der Waals surface area contributed by atoms with Crippen LogP contribution in [0.25, 0.3) is 11.5 Å². The summed E-state index contributed by atoms with van der Waals surface area (Å²) in [6.45, 7) is 2.42. The van der Waals surface area contributed by atoms with Gasteiger partial charge in [0.2, 0.25) is 0 Å². The Morgan fingerprint density at radius 1 is 1.09 bits per heavy atom. The van der Waals surface area contributed by atoms with Gasteiger partial charge in [0.25, 0.3) is 17.6 Å². The first-order chi connectivity index (χ1) is 10.7. The number of nitrogens with zero attached hydrogens (tertiary/aromatic N) is 2. The van der Waals surface area contributed by atoms with Gasteiger partial charge in [-0.1, -0.05) is 53.2 Å². The molecule has 0 aliphatic rings. The molecule has 22 heavy (non-hydrogen) atoms. The van der Waals surface area contributed by atoms with Crippen LogP contribution in [0.4, 0.5) is 0 Å². The number of nitrogens with one attached hydrogen (secondary N) is 1. The highest BCUT2D eigenvalue weighted by Crippen LogP contribution is 2.17. The second kappa shape index (κ2) is 6.22. The molecule has 0 atom stereocenters. The van der Waals surface area contributed by atoms with Crippen LogP contribution < -0.4 is 5.32 Å². The maximum Gasteiger partial charge on any atom is 0.292 e. The van der Waals surface area contributed by atoms with E-state index in [4.69, 9.17) is 4.52 Å². The van der Waals surface area contributed by atoms with Crippen LogP contribution >= 0.6 is 0 Å². The van der Waals surface area contributed by atoms with E-state index in [0.29, 0.717) is 12.4 Å². The molecule has 5 nitrogen and oxygen atoms in total. The number of amides is 1. The van der Waals surface area contributed by atoms with E-state index in [9.17, 15) is 4.79 Å². The lowest BCUT2D eigenvalue weighted by molar-refractivity contribution is 0.0937. The van der Waals surface area contributed by atoms with Crippen LogP contribution in [-0.2, 0) is 6.54 Å². The molecule has 0 radical (unpaired) electrons. The number of aromatic nitrogens is 2. The summed E-state index contributed by atoms with van der Waals surface area (Å²) in [5, 5.41) is 6.49. The summed E-state index contributed by atoms with van der Waals surface area (Å²) < 4.78 is 5.14. The van der Waals surface area contributed by atoms with Crippen molar-refractivity contribution in [2.24, 2.45) is 0 Å². The van der Waals surface area contributed by atoms with E-state index < -0.39 is 0 Å². The Labute approximate surface area is 128 Å². The molecular weight excluding hydrogens is 278 g/mol. The number of aryl methyl sites for hydroxylation is 1. The molecule has 0 bridgehead atoms. The van der Waals surface area contributed by atoms with Gasteiger partial charge in [-0.3, -0.25) is 4.79 Å². The lowest BCUT2D eigenvalue weighted by Gasteiger charge is -2.01. The lowest BCUT2D eigenvalue weighted by Crippen LogP contribution is -2.23. The molecule has 0 unspecified atom stereocenters. The van der Waals surface area contributed by atoms with Crippen LogP contribution in [0.3, 0.4) is 0 Å². The molecule has 0 saturated carbocycles. The molecular formula is C17H15N3O2. The van der Waals surface area contributed by atoms with E-state index in [1.54, 1.807) is 0 Å². The van der Waals surface area contributed by atoms with Crippen molar-refractivity contribution in [1.29, 1.82) is 0 Å². The molecule has 3 rings (SSSR count). The third kappa shape index (κ3) is 3.20. The molecule has 5 heteroatoms. The second-order valence-corrected chi connectivity index (χ2v) is 4.96. The van der Waals surface area contributed by atoms with Gasteiger partial charge in [0.1, 0.15) is 0 Å². The van der Waals surface area contributed by atoms with Crippen molar-refractivity contribution < 1.29 is 9.32 Å². The highest BCUT2D eigenvalue weighted by molar-refractivity contribution is 5.90. The summed E-state index contributed by atoms with van der Waals surface area (Å²) in [6.07, 6.45) is 0. The van der Waals surface area contributed by atoms with Crippen LogP contribution in [0.1, 0.15) is 21.7 Å². The summed E-state index contributed by atoms with van der Waals surface area (Å²) in [5.74, 6) is 0.0160. The summed E-state index contributed by atoms with van der Waals surface area (Å²) in [5.41, 5.74) is 2.95. The largest absolute Gasteiger partial charge is 0.345 e. The first kappa shape index (κ1) is 14.0. The van der Waals surface area contributed by atoms with Crippen LogP contribution in [0.15, 0.2) is 59.1 Å². The lowest BCUT2D eigenvalue weighted by atomic mass is 10.1. The Kier molecular flexibility index (Phi) is 3.96. The molecule has 0 aliphatic heterocycles. The third-order valence-corrected chi connectivity index (χ3v) is 3.22. The van der Waals surface area contributed by atoms with E-state index in [1.807, 2.05) is 61.5 Å². The molecule has 0 fully saturated rings. The summed E-state index contributed by atoms with van der Waals surface area (Å²) in [6, 6.07) is 17.3. The third-order valence-electron chi connectivity index (χ3n) is 3.22. The smallest absolute Gasteiger partial charge is 0.292 e. The van der Waals surface area contributed by atoms with Gasteiger partial charge >= 0.3 is 0 Å². The Bertz CT molecular complexity index is 764. The van der Waals surface area contributed by atoms with Crippen molar-refractivity contribution >= 4 is 5.91 Å². The minimum absolute atomic E-state index is 0.0338. The number of carbonyl (C=O) groups is 1. The highest BCUT2D eigenvalue weighted by Gasteiger charge is 2.15. The van der Waals surface area contributed by atoms with E-state index in [1.165, 1.54) is 0 Å². The fraction of sp³-hybridized carbons (Fsp3) is 0.118. The molecule has 0 aliphatic carbocycles. The van der Waals surface area contributed by atoms with Crippen LogP contribution in [0, 0.1) is 6.92 Å². The van der Waals surface area contributed by atoms with E-state index >= 15 is 0 Å². The Morgan fingerprint density at radius 2 is 1.82 bits per heavy atom. The molecule has 110 valence electrons. The van der Waals surface area contributed by atoms with Crippen molar-refractivity contribution in [3.8, 4) is 11.5 Å². The highest BCUT2D eigenvalue weighted by atomic mass is 16.5. The standard InChI is InChI=1S/C17H15N3O2/c1-12-7-9-14(10-8-12)17-19-15(20-22-17)16(21)18-11-13-5-3-2-4-6-13/h2-10H,11H2,1H3,(H,18,21). The van der Waals surface area contributed by atoms with Crippen LogP contribution in [0.2, 0.25) is 0 Å². The van der Waals surface area contributed by atoms with Gasteiger partial charge < -0.3 is 9.84 Å². The normalized spacial score (nSPS) is 10.4. The molecule has 1 amide bonds. The van der Waals surface area contributed by atoms with Gasteiger partial charge in [-0.05, 0) is 24.6 Å². The Morgan fingerprint density at radius 3 is 2.55 bits per heavy atom. The van der Waals surface area contributed by atoms with E-state index in [2.05, 4.69) is 15.5 Å². The second-order valence-electron chi connectivity index (χ2n) is 4.96. The number of rotatable bonds is 4.